The van der Waals surface area contributed by atoms with Crippen LogP contribution in [0.2, 0.25) is 0 Å². The molecule has 0 unspecified atom stereocenters. The van der Waals surface area contributed by atoms with Crippen LogP contribution in [0.5, 0.6) is 0 Å². The number of hydrogen-bond donors (Lipinski definition) is 3. The normalized spacial score (nSPS) is 14.4. The molecule has 3 N–H and O–H groups in total. The molecule has 0 spiro atoms. The van der Waals surface area contributed by atoms with E-state index in [0.29, 0.717) is 45.7 Å². The van der Waals surface area contributed by atoms with Crippen LogP contribution in [0.1, 0.15) is 19.8 Å². The van der Waals surface area contributed by atoms with Crippen LogP contribution >= 0.6 is 0 Å². The Morgan fingerprint density at radius 3 is 2.79 bits per heavy atom. The summed E-state index contributed by atoms with van der Waals surface area (Å²) in [7, 11) is 2.11. The molecule has 0 bridgehead atoms. The number of H-pyrrole nitrogens is 2. The molecule has 1 aliphatic rings. The Labute approximate surface area is 218 Å². The minimum Gasteiger partial charge on any atom is -0.352 e. The van der Waals surface area contributed by atoms with Crippen molar-refractivity contribution in [2.24, 2.45) is 0 Å². The number of aromatic amines is 2. The Balaban J connectivity index is 1.39. The first-order chi connectivity index (χ1) is 18.5. The van der Waals surface area contributed by atoms with Crippen LogP contribution in [0.4, 0.5) is 15.9 Å². The lowest BCUT2D eigenvalue weighted by atomic mass is 10.0. The van der Waals surface area contributed by atoms with Crippen LogP contribution in [0.15, 0.2) is 42.9 Å². The number of likely N-dealkylation sites (N-methyl/N-ethyl adjacent to an activating group) is 1. The molecule has 0 aliphatic carbocycles. The minimum absolute atomic E-state index is 0.102. The summed E-state index contributed by atoms with van der Waals surface area (Å²) in [6.45, 7) is 5.56. The molecule has 6 rings (SSSR count). The second-order valence-corrected chi connectivity index (χ2v) is 9.59. The minimum atomic E-state index is -0.442. The summed E-state index contributed by atoms with van der Waals surface area (Å²) in [5.74, 6) is 0.731. The number of anilines is 2. The van der Waals surface area contributed by atoms with Crippen LogP contribution in [-0.2, 0) is 4.79 Å². The zero-order chi connectivity index (χ0) is 26.2. The van der Waals surface area contributed by atoms with Gasteiger partial charge in [0.05, 0.1) is 28.3 Å². The highest BCUT2D eigenvalue weighted by atomic mass is 19.1. The van der Waals surface area contributed by atoms with Gasteiger partial charge in [-0.2, -0.15) is 5.10 Å². The van der Waals surface area contributed by atoms with Gasteiger partial charge in [0, 0.05) is 56.1 Å². The molecule has 1 aliphatic heterocycles. The molecule has 10 nitrogen and oxygen atoms in total. The number of benzene rings is 1. The van der Waals surface area contributed by atoms with Gasteiger partial charge in [-0.15, -0.1) is 0 Å². The summed E-state index contributed by atoms with van der Waals surface area (Å²) >= 11 is 0. The fourth-order valence-corrected chi connectivity index (χ4v) is 4.86. The van der Waals surface area contributed by atoms with Crippen LogP contribution < -0.4 is 10.2 Å². The van der Waals surface area contributed by atoms with E-state index in [-0.39, 0.29) is 5.91 Å². The molecule has 0 saturated carbocycles. The molecule has 1 fully saturated rings. The number of amides is 1. The zero-order valence-electron chi connectivity index (χ0n) is 21.3. The number of nitrogens with zero attached hydrogens (tertiary/aromatic N) is 6. The highest BCUT2D eigenvalue weighted by molar-refractivity contribution is 5.98. The predicted octanol–water partition coefficient (Wildman–Crippen LogP) is 4.19. The van der Waals surface area contributed by atoms with Gasteiger partial charge >= 0.3 is 0 Å². The highest BCUT2D eigenvalue weighted by Gasteiger charge is 2.23. The van der Waals surface area contributed by atoms with Gasteiger partial charge in [-0.05, 0) is 37.7 Å². The fraction of sp³-hybridized carbons (Fsp3) is 0.296. The van der Waals surface area contributed by atoms with Gasteiger partial charge in [-0.1, -0.05) is 6.92 Å². The fourth-order valence-electron chi connectivity index (χ4n) is 4.86. The van der Waals surface area contributed by atoms with Crippen molar-refractivity contribution in [1.82, 2.24) is 35.0 Å². The van der Waals surface area contributed by atoms with Crippen LogP contribution in [-0.4, -0.2) is 74.2 Å². The molecule has 1 aromatic carbocycles. The molecule has 194 valence electrons. The Bertz CT molecular complexity index is 1630. The summed E-state index contributed by atoms with van der Waals surface area (Å²) in [6, 6.07) is 7.06. The van der Waals surface area contributed by atoms with Crippen LogP contribution in [0.25, 0.3) is 44.6 Å². The van der Waals surface area contributed by atoms with E-state index in [0.717, 1.165) is 49.5 Å². The molecule has 11 heteroatoms. The van der Waals surface area contributed by atoms with Crippen molar-refractivity contribution in [2.75, 3.05) is 43.4 Å². The number of nitrogens with one attached hydrogen (secondary N) is 3. The van der Waals surface area contributed by atoms with E-state index >= 15 is 4.39 Å². The maximum absolute atomic E-state index is 16.1. The van der Waals surface area contributed by atoms with Crippen molar-refractivity contribution in [1.29, 1.82) is 0 Å². The Morgan fingerprint density at radius 2 is 1.97 bits per heavy atom. The number of carbonyl (C=O) groups excluding carboxylic acids is 1. The predicted molar refractivity (Wildman–Crippen MR) is 145 cm³/mol. The van der Waals surface area contributed by atoms with Gasteiger partial charge in [0.25, 0.3) is 0 Å². The third-order valence-corrected chi connectivity index (χ3v) is 6.89. The monoisotopic (exact) mass is 513 g/mol. The van der Waals surface area contributed by atoms with Crippen molar-refractivity contribution in [3.05, 3.63) is 48.7 Å². The third-order valence-electron chi connectivity index (χ3n) is 6.89. The quantitative estimate of drug-likeness (QED) is 0.311. The smallest absolute Gasteiger partial charge is 0.224 e. The first kappa shape index (κ1) is 24.0. The zero-order valence-corrected chi connectivity index (χ0v) is 21.3. The van der Waals surface area contributed by atoms with Crippen molar-refractivity contribution in [2.45, 2.75) is 19.8 Å². The first-order valence-corrected chi connectivity index (χ1v) is 12.7. The average molecular weight is 514 g/mol. The van der Waals surface area contributed by atoms with Gasteiger partial charge < -0.3 is 20.1 Å². The second kappa shape index (κ2) is 9.82. The van der Waals surface area contributed by atoms with Crippen LogP contribution in [0.3, 0.4) is 0 Å². The topological polar surface area (TPSA) is 119 Å². The number of aromatic nitrogens is 6. The second-order valence-electron chi connectivity index (χ2n) is 9.59. The summed E-state index contributed by atoms with van der Waals surface area (Å²) in [6.07, 6.45) is 6.04. The van der Waals surface area contributed by atoms with Gasteiger partial charge in [0.1, 0.15) is 17.0 Å². The van der Waals surface area contributed by atoms with Gasteiger partial charge in [0.2, 0.25) is 5.91 Å². The van der Waals surface area contributed by atoms with E-state index in [1.54, 1.807) is 36.8 Å². The van der Waals surface area contributed by atoms with Crippen molar-refractivity contribution in [3.8, 4) is 22.6 Å². The number of imidazole rings is 1. The third kappa shape index (κ3) is 4.34. The summed E-state index contributed by atoms with van der Waals surface area (Å²) in [5, 5.41) is 10.5. The molecular weight excluding hydrogens is 485 g/mol. The SMILES string of the molecule is CCCC(=O)Nc1cncc(-c2ccc3[nH]nc(-c4nc5c(N6CCN(C)CC6)nccc5[nH]4)c3c2F)c1. The largest absolute Gasteiger partial charge is 0.352 e. The molecule has 0 radical (unpaired) electrons. The summed E-state index contributed by atoms with van der Waals surface area (Å²) < 4.78 is 16.1. The van der Waals surface area contributed by atoms with Gasteiger partial charge in [-0.25, -0.2) is 14.4 Å². The highest BCUT2D eigenvalue weighted by Crippen LogP contribution is 2.35. The van der Waals surface area contributed by atoms with E-state index in [1.807, 2.05) is 13.0 Å². The molecule has 38 heavy (non-hydrogen) atoms. The Hall–Kier alpha value is -4.38. The standard InChI is InChI=1S/C27H28FN9O/c1-3-4-21(38)31-17-13-16(14-29-15-17)18-5-6-19-22(23(18)28)25(35-34-19)26-32-20-7-8-30-27(24(20)33-26)37-11-9-36(2)10-12-37/h5-8,13-15H,3-4,9-12H2,1-2H3,(H,31,38)(H,32,33)(H,34,35). The number of halogens is 1. The molecule has 1 saturated heterocycles. The lowest BCUT2D eigenvalue weighted by Gasteiger charge is -2.33. The van der Waals surface area contributed by atoms with E-state index < -0.39 is 5.82 Å². The number of fused-ring (bicyclic) bond motifs is 2. The number of pyridine rings is 2. The van der Waals surface area contributed by atoms with E-state index in [9.17, 15) is 4.79 Å². The van der Waals surface area contributed by atoms with Gasteiger partial charge in [-0.3, -0.25) is 14.9 Å². The number of carbonyl (C=O) groups is 1. The Morgan fingerprint density at radius 1 is 1.13 bits per heavy atom. The number of hydrogen-bond acceptors (Lipinski definition) is 7. The van der Waals surface area contributed by atoms with Crippen molar-refractivity contribution < 1.29 is 9.18 Å². The summed E-state index contributed by atoms with van der Waals surface area (Å²) in [5.41, 5.74) is 3.93. The first-order valence-electron chi connectivity index (χ1n) is 12.7. The lowest BCUT2D eigenvalue weighted by Crippen LogP contribution is -2.44. The average Bonchev–Trinajstić information content (AvgIpc) is 3.54. The molecule has 4 aromatic heterocycles. The Kier molecular flexibility index (Phi) is 6.20. The van der Waals surface area contributed by atoms with Gasteiger partial charge in [0.15, 0.2) is 11.6 Å². The molecular formula is C27H28FN9O. The number of rotatable bonds is 6. The van der Waals surface area contributed by atoms with Crippen LogP contribution in [0, 0.1) is 5.82 Å². The molecule has 5 heterocycles. The van der Waals surface area contributed by atoms with E-state index in [4.69, 9.17) is 4.98 Å². The number of piperazine rings is 1. The van der Waals surface area contributed by atoms with E-state index in [1.165, 1.54) is 0 Å². The van der Waals surface area contributed by atoms with E-state index in [2.05, 4.69) is 47.3 Å². The molecule has 5 aromatic rings. The maximum atomic E-state index is 16.1. The lowest BCUT2D eigenvalue weighted by molar-refractivity contribution is -0.116. The molecule has 0 atom stereocenters. The summed E-state index contributed by atoms with van der Waals surface area (Å²) in [4.78, 5) is 33.5. The van der Waals surface area contributed by atoms with Crippen molar-refractivity contribution >= 4 is 39.3 Å². The van der Waals surface area contributed by atoms with Crippen molar-refractivity contribution in [3.63, 3.8) is 0 Å². The maximum Gasteiger partial charge on any atom is 0.224 e. The molecule has 1 amide bonds.